The SMILES string of the molecule is CS(=O)(=O)c1cccc(-c2cccc(C3CN(S(C)(=O)=O)C(=O)N3)c2)c1. The number of amides is 2. The minimum absolute atomic E-state index is 0.0184. The van der Waals surface area contributed by atoms with Gasteiger partial charge in [-0.2, -0.15) is 0 Å². The van der Waals surface area contributed by atoms with Gasteiger partial charge in [-0.15, -0.1) is 0 Å². The summed E-state index contributed by atoms with van der Waals surface area (Å²) < 4.78 is 47.6. The van der Waals surface area contributed by atoms with Gasteiger partial charge < -0.3 is 5.32 Å². The zero-order valence-electron chi connectivity index (χ0n) is 14.2. The van der Waals surface area contributed by atoms with Gasteiger partial charge in [0.05, 0.1) is 23.7 Å². The van der Waals surface area contributed by atoms with E-state index in [9.17, 15) is 21.6 Å². The molecule has 9 heteroatoms. The van der Waals surface area contributed by atoms with Gasteiger partial charge in [0.25, 0.3) is 0 Å². The molecule has 1 unspecified atom stereocenters. The number of carbonyl (C=O) groups is 1. The third kappa shape index (κ3) is 3.73. The Morgan fingerprint density at radius 3 is 2.15 bits per heavy atom. The van der Waals surface area contributed by atoms with Crippen LogP contribution in [0, 0.1) is 0 Å². The molecule has 1 N–H and O–H groups in total. The van der Waals surface area contributed by atoms with Gasteiger partial charge in [-0.05, 0) is 34.9 Å². The summed E-state index contributed by atoms with van der Waals surface area (Å²) in [5, 5.41) is 2.65. The number of sulfonamides is 1. The first-order valence-electron chi connectivity index (χ1n) is 7.74. The second kappa shape index (κ2) is 6.40. The van der Waals surface area contributed by atoms with Gasteiger partial charge in [0, 0.05) is 6.26 Å². The summed E-state index contributed by atoms with van der Waals surface area (Å²) in [5.74, 6) is 0. The van der Waals surface area contributed by atoms with Crippen molar-refractivity contribution in [3.05, 3.63) is 54.1 Å². The number of sulfone groups is 1. The Bertz CT molecular complexity index is 1080. The maximum absolute atomic E-state index is 11.9. The first kappa shape index (κ1) is 18.4. The Morgan fingerprint density at radius 1 is 0.962 bits per heavy atom. The quantitative estimate of drug-likeness (QED) is 0.852. The van der Waals surface area contributed by atoms with Gasteiger partial charge in [0.15, 0.2) is 9.84 Å². The molecule has 0 saturated carbocycles. The topological polar surface area (TPSA) is 101 Å². The zero-order chi connectivity index (χ0) is 19.1. The molecular weight excluding hydrogens is 376 g/mol. The highest BCUT2D eigenvalue weighted by molar-refractivity contribution is 7.90. The average Bonchev–Trinajstić information content (AvgIpc) is 2.97. The Balaban J connectivity index is 1.94. The molecule has 1 saturated heterocycles. The minimum Gasteiger partial charge on any atom is -0.328 e. The highest BCUT2D eigenvalue weighted by Crippen LogP contribution is 2.28. The van der Waals surface area contributed by atoms with Crippen molar-refractivity contribution in [2.75, 3.05) is 19.1 Å². The van der Waals surface area contributed by atoms with Gasteiger partial charge in [0.2, 0.25) is 10.0 Å². The van der Waals surface area contributed by atoms with Crippen molar-refractivity contribution in [3.63, 3.8) is 0 Å². The van der Waals surface area contributed by atoms with Gasteiger partial charge in [0.1, 0.15) is 0 Å². The van der Waals surface area contributed by atoms with E-state index in [-0.39, 0.29) is 11.4 Å². The second-order valence-electron chi connectivity index (χ2n) is 6.22. The lowest BCUT2D eigenvalue weighted by molar-refractivity contribution is 0.235. The predicted octanol–water partition coefficient (Wildman–Crippen LogP) is 1.78. The Kier molecular flexibility index (Phi) is 4.53. The lowest BCUT2D eigenvalue weighted by Crippen LogP contribution is -2.33. The van der Waals surface area contributed by atoms with E-state index in [1.54, 1.807) is 30.3 Å². The summed E-state index contributed by atoms with van der Waals surface area (Å²) >= 11 is 0. The van der Waals surface area contributed by atoms with Crippen LogP contribution in [0.15, 0.2) is 53.4 Å². The number of nitrogens with one attached hydrogen (secondary N) is 1. The van der Waals surface area contributed by atoms with Crippen LogP contribution in [0.25, 0.3) is 11.1 Å². The van der Waals surface area contributed by atoms with Crippen molar-refractivity contribution in [1.29, 1.82) is 0 Å². The Labute approximate surface area is 152 Å². The predicted molar refractivity (Wildman–Crippen MR) is 97.8 cm³/mol. The fourth-order valence-electron chi connectivity index (χ4n) is 2.83. The van der Waals surface area contributed by atoms with Crippen LogP contribution in [0.3, 0.4) is 0 Å². The molecule has 2 aromatic rings. The van der Waals surface area contributed by atoms with E-state index in [2.05, 4.69) is 5.32 Å². The highest BCUT2D eigenvalue weighted by atomic mass is 32.2. The molecule has 7 nitrogen and oxygen atoms in total. The van der Waals surface area contributed by atoms with Crippen LogP contribution >= 0.6 is 0 Å². The Morgan fingerprint density at radius 2 is 1.58 bits per heavy atom. The average molecular weight is 394 g/mol. The summed E-state index contributed by atoms with van der Waals surface area (Å²) in [7, 11) is -6.94. The van der Waals surface area contributed by atoms with Crippen molar-refractivity contribution in [1.82, 2.24) is 9.62 Å². The molecule has 2 amide bonds. The van der Waals surface area contributed by atoms with E-state index in [0.717, 1.165) is 33.5 Å². The van der Waals surface area contributed by atoms with E-state index in [4.69, 9.17) is 0 Å². The van der Waals surface area contributed by atoms with E-state index >= 15 is 0 Å². The lowest BCUT2D eigenvalue weighted by atomic mass is 10.00. The number of hydrogen-bond acceptors (Lipinski definition) is 5. The summed E-state index contributed by atoms with van der Waals surface area (Å²) in [5.41, 5.74) is 2.24. The van der Waals surface area contributed by atoms with Crippen molar-refractivity contribution < 1.29 is 21.6 Å². The summed E-state index contributed by atoms with van der Waals surface area (Å²) in [6, 6.07) is 12.7. The van der Waals surface area contributed by atoms with Crippen molar-refractivity contribution >= 4 is 25.9 Å². The molecule has 1 fully saturated rings. The highest BCUT2D eigenvalue weighted by Gasteiger charge is 2.35. The maximum atomic E-state index is 11.9. The first-order valence-corrected chi connectivity index (χ1v) is 11.5. The molecule has 0 aromatic heterocycles. The zero-order valence-corrected chi connectivity index (χ0v) is 15.8. The van der Waals surface area contributed by atoms with Crippen LogP contribution in [0.2, 0.25) is 0 Å². The van der Waals surface area contributed by atoms with Crippen molar-refractivity contribution in [2.45, 2.75) is 10.9 Å². The standard InChI is InChI=1S/C17H18N2O5S2/c1-25(21,22)15-8-4-6-13(10-15)12-5-3-7-14(9-12)16-11-19(17(20)18-16)26(2,23)24/h3-10,16H,11H2,1-2H3,(H,18,20). The van der Waals surface area contributed by atoms with Gasteiger partial charge in [-0.25, -0.2) is 25.9 Å². The normalized spacial score (nSPS) is 18.0. The molecular formula is C17H18N2O5S2. The molecule has 1 heterocycles. The maximum Gasteiger partial charge on any atom is 0.331 e. The number of urea groups is 1. The molecule has 0 bridgehead atoms. The van der Waals surface area contributed by atoms with E-state index in [1.165, 1.54) is 6.07 Å². The molecule has 0 aliphatic carbocycles. The molecule has 26 heavy (non-hydrogen) atoms. The number of nitrogens with zero attached hydrogens (tertiary/aromatic N) is 1. The summed E-state index contributed by atoms with van der Waals surface area (Å²) in [4.78, 5) is 12.1. The number of benzene rings is 2. The molecule has 138 valence electrons. The third-order valence-electron chi connectivity index (χ3n) is 4.16. The number of carbonyl (C=O) groups excluding carboxylic acids is 1. The van der Waals surface area contributed by atoms with Gasteiger partial charge >= 0.3 is 6.03 Å². The Hall–Kier alpha value is -2.39. The van der Waals surface area contributed by atoms with Gasteiger partial charge in [-0.1, -0.05) is 30.3 Å². The largest absolute Gasteiger partial charge is 0.331 e. The third-order valence-corrected chi connectivity index (χ3v) is 6.38. The van der Waals surface area contributed by atoms with Crippen molar-refractivity contribution in [3.8, 4) is 11.1 Å². The summed E-state index contributed by atoms with van der Waals surface area (Å²) in [6.45, 7) is 0.0184. The van der Waals surface area contributed by atoms with Crippen LogP contribution in [0.4, 0.5) is 4.79 Å². The number of rotatable bonds is 4. The van der Waals surface area contributed by atoms with Crippen LogP contribution in [0.5, 0.6) is 0 Å². The summed E-state index contributed by atoms with van der Waals surface area (Å²) in [6.07, 6.45) is 2.14. The molecule has 0 radical (unpaired) electrons. The molecule has 1 aliphatic heterocycles. The minimum atomic E-state index is -3.62. The molecule has 2 aromatic carbocycles. The first-order chi connectivity index (χ1) is 12.1. The van der Waals surface area contributed by atoms with E-state index < -0.39 is 31.9 Å². The fraction of sp³-hybridized carbons (Fsp3) is 0.235. The van der Waals surface area contributed by atoms with E-state index in [0.29, 0.717) is 0 Å². The van der Waals surface area contributed by atoms with Crippen LogP contribution in [-0.4, -0.2) is 46.2 Å². The lowest BCUT2D eigenvalue weighted by Gasteiger charge is -2.13. The molecule has 1 aliphatic rings. The van der Waals surface area contributed by atoms with Crippen LogP contribution in [0.1, 0.15) is 11.6 Å². The van der Waals surface area contributed by atoms with Crippen LogP contribution < -0.4 is 5.32 Å². The number of hydrogen-bond donors (Lipinski definition) is 1. The smallest absolute Gasteiger partial charge is 0.328 e. The van der Waals surface area contributed by atoms with E-state index in [1.807, 2.05) is 12.1 Å². The fourth-order valence-corrected chi connectivity index (χ4v) is 4.27. The monoisotopic (exact) mass is 394 g/mol. The van der Waals surface area contributed by atoms with Gasteiger partial charge in [-0.3, -0.25) is 0 Å². The molecule has 3 rings (SSSR count). The second-order valence-corrected chi connectivity index (χ2v) is 10.1. The molecule has 1 atom stereocenters. The molecule has 0 spiro atoms. The van der Waals surface area contributed by atoms with Crippen molar-refractivity contribution in [2.24, 2.45) is 0 Å². The van der Waals surface area contributed by atoms with Crippen LogP contribution in [-0.2, 0) is 19.9 Å².